The Morgan fingerprint density at radius 3 is 2.67 bits per heavy atom. The number of nitriles is 1. The molecule has 0 bridgehead atoms. The van der Waals surface area contributed by atoms with Crippen molar-refractivity contribution >= 4 is 16.0 Å². The number of alkyl halides is 3. The molecule has 14 heteroatoms. The zero-order valence-electron chi connectivity index (χ0n) is 19.0. The first-order valence-electron chi connectivity index (χ1n) is 11.0. The summed E-state index contributed by atoms with van der Waals surface area (Å²) in [5, 5.41) is 22.3. The number of sulfonamides is 1. The maximum Gasteiger partial charge on any atom is 0.254 e. The van der Waals surface area contributed by atoms with Gasteiger partial charge in [-0.05, 0) is 25.5 Å². The highest BCUT2D eigenvalue weighted by Gasteiger charge is 2.54. The summed E-state index contributed by atoms with van der Waals surface area (Å²) in [5.41, 5.74) is -2.04. The maximum absolute atomic E-state index is 15.0. The Kier molecular flexibility index (Phi) is 6.84. The molecule has 1 saturated carbocycles. The lowest BCUT2D eigenvalue weighted by molar-refractivity contribution is -0.0406. The second-order valence-electron chi connectivity index (χ2n) is 9.07. The van der Waals surface area contributed by atoms with E-state index in [0.29, 0.717) is 0 Å². The van der Waals surface area contributed by atoms with Crippen molar-refractivity contribution in [3.63, 3.8) is 0 Å². The van der Waals surface area contributed by atoms with Gasteiger partial charge in [-0.25, -0.2) is 31.0 Å². The summed E-state index contributed by atoms with van der Waals surface area (Å²) in [6, 6.07) is 5.66. The van der Waals surface area contributed by atoms with E-state index in [2.05, 4.69) is 15.3 Å². The van der Waals surface area contributed by atoms with Gasteiger partial charge in [-0.1, -0.05) is 12.1 Å². The van der Waals surface area contributed by atoms with Gasteiger partial charge in [0.25, 0.3) is 5.92 Å². The molecule has 2 N–H and O–H groups in total. The van der Waals surface area contributed by atoms with Crippen LogP contribution in [0.5, 0.6) is 5.88 Å². The first-order valence-corrected chi connectivity index (χ1v) is 12.5. The minimum atomic E-state index is -4.25. The number of hydrogen-bond acceptors (Lipinski definition) is 8. The van der Waals surface area contributed by atoms with E-state index in [9.17, 15) is 36.3 Å². The number of rotatable bonds is 6. The molecule has 4 rings (SSSR count). The van der Waals surface area contributed by atoms with Crippen LogP contribution in [0.15, 0.2) is 35.4 Å². The zero-order valence-corrected chi connectivity index (χ0v) is 19.9. The van der Waals surface area contributed by atoms with Crippen molar-refractivity contribution in [1.29, 1.82) is 5.26 Å². The Balaban J connectivity index is 1.47. The van der Waals surface area contributed by atoms with Gasteiger partial charge < -0.3 is 15.2 Å². The minimum absolute atomic E-state index is 0.0159. The van der Waals surface area contributed by atoms with Gasteiger partial charge in [-0.3, -0.25) is 0 Å². The molecule has 194 valence electrons. The van der Waals surface area contributed by atoms with Crippen LogP contribution in [0.1, 0.15) is 31.7 Å². The quantitative estimate of drug-likeness (QED) is 0.547. The topological polar surface area (TPSA) is 128 Å². The molecule has 1 aliphatic carbocycles. The fourth-order valence-corrected chi connectivity index (χ4v) is 5.85. The molecule has 1 aliphatic heterocycles. The largest absolute Gasteiger partial charge is 0.470 e. The van der Waals surface area contributed by atoms with Crippen LogP contribution in [-0.2, 0) is 10.0 Å². The highest BCUT2D eigenvalue weighted by molar-refractivity contribution is 7.89. The van der Waals surface area contributed by atoms with Gasteiger partial charge in [-0.15, -0.1) is 0 Å². The molecule has 2 aromatic rings. The molecule has 0 amide bonds. The molecular weight excluding hydrogens is 506 g/mol. The summed E-state index contributed by atoms with van der Waals surface area (Å²) in [6.07, 6.45) is -3.61. The van der Waals surface area contributed by atoms with E-state index >= 15 is 0 Å². The lowest BCUT2D eigenvalue weighted by Crippen LogP contribution is -2.50. The molecule has 2 aliphatic rings. The molecule has 0 radical (unpaired) electrons. The van der Waals surface area contributed by atoms with Crippen LogP contribution in [0.4, 0.5) is 23.5 Å². The van der Waals surface area contributed by atoms with E-state index in [4.69, 9.17) is 4.74 Å². The summed E-state index contributed by atoms with van der Waals surface area (Å²) >= 11 is 0. The number of nitrogens with zero attached hydrogens (tertiary/aromatic N) is 4. The second-order valence-corrected chi connectivity index (χ2v) is 11.0. The molecule has 9 nitrogen and oxygen atoms in total. The first kappa shape index (κ1) is 26.1. The number of aliphatic hydroxyl groups is 1. The van der Waals surface area contributed by atoms with Crippen LogP contribution >= 0.6 is 0 Å². The molecule has 1 saturated heterocycles. The number of hydrogen-bond donors (Lipinski definition) is 2. The molecule has 1 aromatic heterocycles. The summed E-state index contributed by atoms with van der Waals surface area (Å²) in [4.78, 5) is 7.38. The van der Waals surface area contributed by atoms with Crippen molar-refractivity contribution in [2.24, 2.45) is 0 Å². The third-order valence-corrected chi connectivity index (χ3v) is 8.09. The van der Waals surface area contributed by atoms with E-state index in [1.165, 1.54) is 19.1 Å². The smallest absolute Gasteiger partial charge is 0.254 e. The van der Waals surface area contributed by atoms with Crippen molar-refractivity contribution in [2.75, 3.05) is 18.4 Å². The normalized spacial score (nSPS) is 28.4. The average Bonchev–Trinajstić information content (AvgIpc) is 3.01. The fourth-order valence-electron chi connectivity index (χ4n) is 4.32. The number of piperidine rings is 1. The van der Waals surface area contributed by atoms with Gasteiger partial charge in [0.15, 0.2) is 0 Å². The Morgan fingerprint density at radius 1 is 1.33 bits per heavy atom. The first-order chi connectivity index (χ1) is 16.8. The van der Waals surface area contributed by atoms with Gasteiger partial charge in [-0.2, -0.15) is 14.6 Å². The number of aromatic nitrogens is 2. The van der Waals surface area contributed by atoms with Crippen molar-refractivity contribution in [3.05, 3.63) is 41.8 Å². The third-order valence-electron chi connectivity index (χ3n) is 6.20. The Labute approximate surface area is 204 Å². The predicted molar refractivity (Wildman–Crippen MR) is 118 cm³/mol. The molecule has 1 aromatic carbocycles. The van der Waals surface area contributed by atoms with Gasteiger partial charge in [0, 0.05) is 19.5 Å². The van der Waals surface area contributed by atoms with E-state index in [1.807, 2.05) is 0 Å². The highest BCUT2D eigenvalue weighted by atomic mass is 32.2. The third kappa shape index (κ3) is 5.23. The number of benzene rings is 1. The van der Waals surface area contributed by atoms with Crippen LogP contribution < -0.4 is 10.1 Å². The van der Waals surface area contributed by atoms with Crippen molar-refractivity contribution in [3.8, 4) is 11.9 Å². The van der Waals surface area contributed by atoms with Crippen molar-refractivity contribution in [1.82, 2.24) is 14.3 Å². The van der Waals surface area contributed by atoms with Crippen LogP contribution in [0, 0.1) is 17.1 Å². The predicted octanol–water partition coefficient (Wildman–Crippen LogP) is 2.63. The second kappa shape index (κ2) is 9.45. The monoisotopic (exact) mass is 529 g/mol. The number of ether oxygens (including phenoxy) is 1. The molecule has 0 unspecified atom stereocenters. The Bertz CT molecular complexity index is 1290. The van der Waals surface area contributed by atoms with E-state index in [0.717, 1.165) is 22.6 Å². The lowest BCUT2D eigenvalue weighted by Gasteiger charge is -2.34. The van der Waals surface area contributed by atoms with Crippen LogP contribution in [-0.4, -0.2) is 70.7 Å². The molecule has 0 spiro atoms. The van der Waals surface area contributed by atoms with Crippen LogP contribution in [0.25, 0.3) is 0 Å². The molecule has 36 heavy (non-hydrogen) atoms. The van der Waals surface area contributed by atoms with Gasteiger partial charge >= 0.3 is 0 Å². The summed E-state index contributed by atoms with van der Waals surface area (Å²) < 4.78 is 88.4. The van der Waals surface area contributed by atoms with Crippen LogP contribution in [0.3, 0.4) is 0 Å². The summed E-state index contributed by atoms with van der Waals surface area (Å²) in [6.45, 7) is 0.532. The molecular formula is C22H23F4N5O4S. The maximum atomic E-state index is 15.0. The number of nitrogens with one attached hydrogen (secondary N) is 1. The van der Waals surface area contributed by atoms with Gasteiger partial charge in [0.1, 0.15) is 40.2 Å². The van der Waals surface area contributed by atoms with Crippen molar-refractivity contribution in [2.45, 2.75) is 60.9 Å². The Morgan fingerprint density at radius 2 is 2.06 bits per heavy atom. The van der Waals surface area contributed by atoms with Gasteiger partial charge in [0.05, 0.1) is 18.7 Å². The van der Waals surface area contributed by atoms with E-state index in [1.54, 1.807) is 6.07 Å². The summed E-state index contributed by atoms with van der Waals surface area (Å²) in [5.74, 6) is -4.63. The fraction of sp³-hybridized carbons (Fsp3) is 0.500. The van der Waals surface area contributed by atoms with Gasteiger partial charge in [0.2, 0.25) is 21.9 Å². The van der Waals surface area contributed by atoms with Crippen LogP contribution in [0.2, 0.25) is 0 Å². The molecule has 4 atom stereocenters. The lowest BCUT2D eigenvalue weighted by atomic mass is 10.0. The van der Waals surface area contributed by atoms with E-state index in [-0.39, 0.29) is 30.4 Å². The average molecular weight is 530 g/mol. The number of halogens is 4. The number of anilines is 1. The SMILES string of the molecule is C[C@]1(O)CC(F)(F)C[C@H]1Oc1nc(N[C@@H]2CCN(S(=O)(=O)c3ccccc3F)C[C@H]2F)ncc1C#N. The zero-order chi connectivity index (χ0) is 26.3. The van der Waals surface area contributed by atoms with Crippen molar-refractivity contribution < 1.29 is 35.8 Å². The molecule has 2 fully saturated rings. The highest BCUT2D eigenvalue weighted by Crippen LogP contribution is 2.43. The molecule has 2 heterocycles. The summed E-state index contributed by atoms with van der Waals surface area (Å²) in [7, 11) is -4.25. The minimum Gasteiger partial charge on any atom is -0.470 e. The van der Waals surface area contributed by atoms with E-state index < -0.39 is 70.0 Å². The standard InChI is InChI=1S/C22H23F4N5O4S/c1-21(32)12-22(25,26)8-18(21)35-19-13(9-27)10-28-20(30-19)29-16-6-7-31(11-15(16)24)36(33,34)17-5-3-2-4-14(17)23/h2-5,10,15-16,18,32H,6-8,11-12H2,1H3,(H,28,29,30)/t15-,16-,18-,21+/m1/s1. The Hall–Kier alpha value is -3.02.